The molecule has 3 atom stereocenters. The number of nitrogens with zero attached hydrogens (tertiary/aromatic N) is 1. The fourth-order valence-electron chi connectivity index (χ4n) is 2.43. The highest BCUT2D eigenvalue weighted by atomic mass is 16.6. The fourth-order valence-corrected chi connectivity index (χ4v) is 2.43. The SMILES string of the molecule is [2H][C@H](NC(=O)O[C@H]1CCOC1)C(O)CN(C)Cc1ccc(OC)cc1. The molecule has 134 valence electrons. The molecule has 1 saturated heterocycles. The van der Waals surface area contributed by atoms with Gasteiger partial charge in [-0.25, -0.2) is 4.79 Å². The van der Waals surface area contributed by atoms with Crippen molar-refractivity contribution in [2.24, 2.45) is 0 Å². The first-order valence-corrected chi connectivity index (χ1v) is 7.94. The molecule has 1 aromatic carbocycles. The smallest absolute Gasteiger partial charge is 0.407 e. The molecule has 2 rings (SSSR count). The maximum absolute atomic E-state index is 11.7. The second-order valence-electron chi connectivity index (χ2n) is 5.81. The number of amides is 1. The molecule has 0 bridgehead atoms. The second kappa shape index (κ2) is 9.46. The van der Waals surface area contributed by atoms with Crippen molar-refractivity contribution in [1.29, 1.82) is 0 Å². The van der Waals surface area contributed by atoms with E-state index in [0.717, 1.165) is 11.3 Å². The van der Waals surface area contributed by atoms with E-state index in [9.17, 15) is 9.90 Å². The van der Waals surface area contributed by atoms with E-state index in [-0.39, 0.29) is 12.6 Å². The highest BCUT2D eigenvalue weighted by Crippen LogP contribution is 2.12. The Labute approximate surface area is 143 Å². The number of benzene rings is 1. The van der Waals surface area contributed by atoms with Gasteiger partial charge in [0.05, 0.1) is 27.8 Å². The molecule has 1 aromatic rings. The monoisotopic (exact) mass is 339 g/mol. The van der Waals surface area contributed by atoms with E-state index >= 15 is 0 Å². The van der Waals surface area contributed by atoms with Crippen LogP contribution in [0.3, 0.4) is 0 Å². The van der Waals surface area contributed by atoms with Crippen molar-refractivity contribution in [3.05, 3.63) is 29.8 Å². The molecule has 0 saturated carbocycles. The van der Waals surface area contributed by atoms with Crippen LogP contribution >= 0.6 is 0 Å². The third-order valence-electron chi connectivity index (χ3n) is 3.67. The topological polar surface area (TPSA) is 80.3 Å². The number of nitrogens with one attached hydrogen (secondary N) is 1. The molecular formula is C17H26N2O5. The van der Waals surface area contributed by atoms with Gasteiger partial charge >= 0.3 is 6.09 Å². The number of hydrogen-bond donors (Lipinski definition) is 2. The van der Waals surface area contributed by atoms with E-state index < -0.39 is 18.7 Å². The van der Waals surface area contributed by atoms with Crippen molar-refractivity contribution in [3.8, 4) is 5.75 Å². The molecule has 1 aliphatic heterocycles. The summed E-state index contributed by atoms with van der Waals surface area (Å²) in [7, 11) is 3.46. The molecular weight excluding hydrogens is 312 g/mol. The molecule has 1 amide bonds. The molecule has 24 heavy (non-hydrogen) atoms. The lowest BCUT2D eigenvalue weighted by atomic mass is 10.2. The van der Waals surface area contributed by atoms with Crippen molar-refractivity contribution in [1.82, 2.24) is 10.2 Å². The summed E-state index contributed by atoms with van der Waals surface area (Å²) in [4.78, 5) is 13.6. The Balaban J connectivity index is 1.72. The first-order valence-electron chi connectivity index (χ1n) is 8.52. The van der Waals surface area contributed by atoms with Gasteiger partial charge in [-0.05, 0) is 24.7 Å². The largest absolute Gasteiger partial charge is 0.497 e. The summed E-state index contributed by atoms with van der Waals surface area (Å²) < 4.78 is 23.2. The zero-order valence-electron chi connectivity index (χ0n) is 15.1. The lowest BCUT2D eigenvalue weighted by Crippen LogP contribution is -2.39. The molecule has 1 heterocycles. The first kappa shape index (κ1) is 17.0. The number of methoxy groups -OCH3 is 1. The minimum absolute atomic E-state index is 0.243. The van der Waals surface area contributed by atoms with Crippen LogP contribution in [0.15, 0.2) is 24.3 Å². The zero-order chi connectivity index (χ0) is 18.2. The van der Waals surface area contributed by atoms with Crippen LogP contribution in [0, 0.1) is 0 Å². The molecule has 0 aromatic heterocycles. The van der Waals surface area contributed by atoms with Crippen LogP contribution in [0.2, 0.25) is 0 Å². The molecule has 7 heteroatoms. The number of carbonyl (C=O) groups is 1. The number of aliphatic hydroxyl groups excluding tert-OH is 1. The summed E-state index contributed by atoms with van der Waals surface area (Å²) in [6.07, 6.45) is -1.35. The van der Waals surface area contributed by atoms with Crippen LogP contribution in [0.4, 0.5) is 4.79 Å². The molecule has 1 fully saturated rings. The van der Waals surface area contributed by atoms with E-state index in [2.05, 4.69) is 5.32 Å². The molecule has 0 aliphatic carbocycles. The number of ether oxygens (including phenoxy) is 3. The second-order valence-corrected chi connectivity index (χ2v) is 5.81. The highest BCUT2D eigenvalue weighted by Gasteiger charge is 2.20. The van der Waals surface area contributed by atoms with E-state index in [1.807, 2.05) is 36.2 Å². The molecule has 0 spiro atoms. The van der Waals surface area contributed by atoms with Gasteiger partial charge < -0.3 is 24.6 Å². The van der Waals surface area contributed by atoms with Gasteiger partial charge in [-0.2, -0.15) is 0 Å². The van der Waals surface area contributed by atoms with Gasteiger partial charge in [-0.1, -0.05) is 12.1 Å². The van der Waals surface area contributed by atoms with Crippen LogP contribution < -0.4 is 10.1 Å². The number of hydrogen-bond acceptors (Lipinski definition) is 6. The minimum Gasteiger partial charge on any atom is -0.497 e. The van der Waals surface area contributed by atoms with Crippen molar-refractivity contribution in [3.63, 3.8) is 0 Å². The van der Waals surface area contributed by atoms with Crippen LogP contribution in [0.25, 0.3) is 0 Å². The number of aliphatic hydroxyl groups is 1. The van der Waals surface area contributed by atoms with Gasteiger partial charge in [-0.3, -0.25) is 4.90 Å². The maximum atomic E-state index is 11.7. The summed E-state index contributed by atoms with van der Waals surface area (Å²) in [5.41, 5.74) is 1.06. The third kappa shape index (κ3) is 6.35. The Morgan fingerprint density at radius 3 is 2.92 bits per heavy atom. The Hall–Kier alpha value is -1.83. The van der Waals surface area contributed by atoms with Gasteiger partial charge in [0.15, 0.2) is 0 Å². The van der Waals surface area contributed by atoms with Gasteiger partial charge in [0, 0.05) is 26.0 Å². The van der Waals surface area contributed by atoms with Gasteiger partial charge in [-0.15, -0.1) is 0 Å². The van der Waals surface area contributed by atoms with Crippen LogP contribution in [-0.2, 0) is 16.0 Å². The number of carbonyl (C=O) groups excluding carboxylic acids is 1. The molecule has 2 N–H and O–H groups in total. The van der Waals surface area contributed by atoms with Crippen LogP contribution in [0.1, 0.15) is 13.4 Å². The quantitative estimate of drug-likeness (QED) is 0.736. The van der Waals surface area contributed by atoms with Crippen LogP contribution in [0.5, 0.6) is 5.75 Å². The van der Waals surface area contributed by atoms with E-state index in [1.54, 1.807) is 7.11 Å². The number of alkyl carbamates (subject to hydrolysis) is 1. The normalized spacial score (nSPS) is 20.3. The number of likely N-dealkylation sites (N-methyl/N-ethyl adjacent to an activating group) is 1. The van der Waals surface area contributed by atoms with Crippen molar-refractivity contribution < 1.29 is 25.5 Å². The summed E-state index contributed by atoms with van der Waals surface area (Å²) in [6.45, 7) is 0.641. The molecule has 0 radical (unpaired) electrons. The van der Waals surface area contributed by atoms with Crippen LogP contribution in [-0.4, -0.2) is 68.7 Å². The van der Waals surface area contributed by atoms with Gasteiger partial charge in [0.2, 0.25) is 0 Å². The van der Waals surface area contributed by atoms with Crippen molar-refractivity contribution >= 4 is 6.09 Å². The molecule has 7 nitrogen and oxygen atoms in total. The Kier molecular flexibility index (Phi) is 6.71. The van der Waals surface area contributed by atoms with Crippen molar-refractivity contribution in [2.45, 2.75) is 25.2 Å². The summed E-state index contributed by atoms with van der Waals surface area (Å²) >= 11 is 0. The molecule has 1 aliphatic rings. The fraction of sp³-hybridized carbons (Fsp3) is 0.588. The summed E-state index contributed by atoms with van der Waals surface area (Å²) in [6, 6.07) is 7.63. The summed E-state index contributed by atoms with van der Waals surface area (Å²) in [5.74, 6) is 0.785. The predicted octanol–water partition coefficient (Wildman–Crippen LogP) is 1.00. The lowest BCUT2D eigenvalue weighted by Gasteiger charge is -2.21. The zero-order valence-corrected chi connectivity index (χ0v) is 14.1. The van der Waals surface area contributed by atoms with E-state index in [1.165, 1.54) is 0 Å². The summed E-state index contributed by atoms with van der Waals surface area (Å²) in [5, 5.41) is 12.5. The molecule has 1 unspecified atom stereocenters. The minimum atomic E-state index is -1.16. The Bertz CT molecular complexity index is 536. The predicted molar refractivity (Wildman–Crippen MR) is 89.0 cm³/mol. The van der Waals surface area contributed by atoms with Crippen molar-refractivity contribution in [2.75, 3.05) is 40.4 Å². The maximum Gasteiger partial charge on any atom is 0.407 e. The number of rotatable bonds is 8. The Morgan fingerprint density at radius 2 is 2.29 bits per heavy atom. The standard InChI is InChI=1S/C17H26N2O5/c1-19(10-13-3-5-15(22-2)6-4-13)11-14(20)9-18-17(21)24-16-7-8-23-12-16/h3-6,14,16,20H,7-12H2,1-2H3,(H,18,21)/t14?,16-/m0/s1/i9D/t9-,14?,16-. The van der Waals surface area contributed by atoms with Gasteiger partial charge in [0.25, 0.3) is 0 Å². The third-order valence-corrected chi connectivity index (χ3v) is 3.67. The lowest BCUT2D eigenvalue weighted by molar-refractivity contribution is 0.0749. The average molecular weight is 339 g/mol. The van der Waals surface area contributed by atoms with Gasteiger partial charge in [0.1, 0.15) is 11.9 Å². The first-order chi connectivity index (χ1) is 12.0. The Morgan fingerprint density at radius 1 is 1.54 bits per heavy atom. The van der Waals surface area contributed by atoms with E-state index in [4.69, 9.17) is 15.6 Å². The highest BCUT2D eigenvalue weighted by molar-refractivity contribution is 5.67. The van der Waals surface area contributed by atoms with E-state index in [0.29, 0.717) is 26.2 Å². The average Bonchev–Trinajstić information content (AvgIpc) is 3.08.